The van der Waals surface area contributed by atoms with E-state index >= 15 is 0 Å². The zero-order chi connectivity index (χ0) is 11.5. The number of nitrogens with one attached hydrogen (secondary N) is 1. The molecule has 1 N–H and O–H groups in total. The molecule has 2 heterocycles. The van der Waals surface area contributed by atoms with Gasteiger partial charge >= 0.3 is 0 Å². The molecule has 1 aliphatic rings. The summed E-state index contributed by atoms with van der Waals surface area (Å²) in [6.07, 6.45) is 1.10. The lowest BCUT2D eigenvalue weighted by Gasteiger charge is -2.29. The van der Waals surface area contributed by atoms with Gasteiger partial charge in [0.15, 0.2) is 0 Å². The molecule has 3 nitrogen and oxygen atoms in total. The van der Waals surface area contributed by atoms with E-state index < -0.39 is 0 Å². The lowest BCUT2D eigenvalue weighted by atomic mass is 10.1. The quantitative estimate of drug-likeness (QED) is 0.873. The molecule has 1 fully saturated rings. The first kappa shape index (κ1) is 12.0. The molecule has 0 radical (unpaired) electrons. The summed E-state index contributed by atoms with van der Waals surface area (Å²) >= 11 is 1.80. The molecule has 1 unspecified atom stereocenters. The van der Waals surface area contributed by atoms with Crippen LogP contribution in [0.2, 0.25) is 0 Å². The molecule has 1 aromatic heterocycles. The first-order valence-electron chi connectivity index (χ1n) is 6.01. The monoisotopic (exact) mass is 239 g/mol. The van der Waals surface area contributed by atoms with Crippen LogP contribution in [0.1, 0.15) is 30.6 Å². The maximum Gasteiger partial charge on any atom is 0.111 e. The Balaban J connectivity index is 2.00. The maximum atomic E-state index is 4.74. The Hall–Kier alpha value is -0.450. The second-order valence-corrected chi connectivity index (χ2v) is 5.93. The molecular weight excluding hydrogens is 218 g/mol. The molecule has 90 valence electrons. The molecule has 2 rings (SSSR count). The van der Waals surface area contributed by atoms with Gasteiger partial charge in [0.25, 0.3) is 0 Å². The summed E-state index contributed by atoms with van der Waals surface area (Å²) in [4.78, 5) is 7.10. The highest BCUT2D eigenvalue weighted by Gasteiger charge is 2.20. The van der Waals surface area contributed by atoms with Crippen molar-refractivity contribution in [2.24, 2.45) is 5.92 Å². The highest BCUT2D eigenvalue weighted by Crippen LogP contribution is 2.22. The Morgan fingerprint density at radius 2 is 2.44 bits per heavy atom. The number of piperazine rings is 1. The molecular formula is C12H21N3S. The molecule has 0 saturated carbocycles. The lowest BCUT2D eigenvalue weighted by molar-refractivity contribution is 0.240. The van der Waals surface area contributed by atoms with Crippen molar-refractivity contribution < 1.29 is 0 Å². The van der Waals surface area contributed by atoms with Crippen LogP contribution in [0.15, 0.2) is 5.38 Å². The summed E-state index contributed by atoms with van der Waals surface area (Å²) in [7, 11) is 2.18. The summed E-state index contributed by atoms with van der Waals surface area (Å²) in [5.41, 5.74) is 1.25. The van der Waals surface area contributed by atoms with Crippen molar-refractivity contribution in [3.8, 4) is 0 Å². The Morgan fingerprint density at radius 1 is 1.62 bits per heavy atom. The van der Waals surface area contributed by atoms with Crippen LogP contribution in [0.4, 0.5) is 0 Å². The number of thiazole rings is 1. The molecule has 1 aromatic rings. The smallest absolute Gasteiger partial charge is 0.111 e. The molecule has 1 saturated heterocycles. The third-order valence-corrected chi connectivity index (χ3v) is 3.87. The number of nitrogens with zero attached hydrogens (tertiary/aromatic N) is 2. The second kappa shape index (κ2) is 5.25. The van der Waals surface area contributed by atoms with Gasteiger partial charge in [0.2, 0.25) is 0 Å². The van der Waals surface area contributed by atoms with Crippen LogP contribution >= 0.6 is 11.3 Å². The number of rotatable bonds is 3. The predicted octanol–water partition coefficient (Wildman–Crippen LogP) is 1.92. The van der Waals surface area contributed by atoms with Gasteiger partial charge in [0.05, 0.1) is 11.7 Å². The van der Waals surface area contributed by atoms with Crippen molar-refractivity contribution in [1.82, 2.24) is 15.2 Å². The number of aromatic nitrogens is 1. The highest BCUT2D eigenvalue weighted by molar-refractivity contribution is 7.09. The average Bonchev–Trinajstić information content (AvgIpc) is 2.65. The van der Waals surface area contributed by atoms with E-state index in [1.165, 1.54) is 10.7 Å². The summed E-state index contributed by atoms with van der Waals surface area (Å²) < 4.78 is 0. The summed E-state index contributed by atoms with van der Waals surface area (Å²) in [5, 5.41) is 7.00. The first-order chi connectivity index (χ1) is 7.65. The SMILES string of the molecule is CC(C)Cc1csc(C2CN(C)CCN2)n1. The largest absolute Gasteiger partial charge is 0.306 e. The Kier molecular flexibility index (Phi) is 3.95. The summed E-state index contributed by atoms with van der Waals surface area (Å²) in [5.74, 6) is 0.692. The minimum atomic E-state index is 0.435. The van der Waals surface area contributed by atoms with E-state index in [1.54, 1.807) is 11.3 Å². The van der Waals surface area contributed by atoms with Crippen LogP contribution in [0.3, 0.4) is 0 Å². The molecule has 0 bridgehead atoms. The van der Waals surface area contributed by atoms with Gasteiger partial charge in [0, 0.05) is 25.0 Å². The van der Waals surface area contributed by atoms with Crippen molar-refractivity contribution >= 4 is 11.3 Å². The highest BCUT2D eigenvalue weighted by atomic mass is 32.1. The van der Waals surface area contributed by atoms with Gasteiger partial charge in [-0.3, -0.25) is 0 Å². The number of hydrogen-bond donors (Lipinski definition) is 1. The lowest BCUT2D eigenvalue weighted by Crippen LogP contribution is -2.43. The fourth-order valence-corrected chi connectivity index (χ4v) is 2.96. The molecule has 0 spiro atoms. The van der Waals surface area contributed by atoms with Gasteiger partial charge in [-0.05, 0) is 19.4 Å². The Bertz CT molecular complexity index is 335. The third-order valence-electron chi connectivity index (χ3n) is 2.86. The van der Waals surface area contributed by atoms with Crippen LogP contribution < -0.4 is 5.32 Å². The van der Waals surface area contributed by atoms with Crippen molar-refractivity contribution in [3.63, 3.8) is 0 Å². The minimum Gasteiger partial charge on any atom is -0.306 e. The average molecular weight is 239 g/mol. The van der Waals surface area contributed by atoms with Crippen molar-refractivity contribution in [1.29, 1.82) is 0 Å². The Labute approximate surface area is 102 Å². The van der Waals surface area contributed by atoms with Gasteiger partial charge in [-0.2, -0.15) is 0 Å². The zero-order valence-corrected chi connectivity index (χ0v) is 11.2. The van der Waals surface area contributed by atoms with E-state index in [0.717, 1.165) is 26.1 Å². The van der Waals surface area contributed by atoms with E-state index in [1.807, 2.05) is 0 Å². The third kappa shape index (κ3) is 3.03. The standard InChI is InChI=1S/C12H21N3S/c1-9(2)6-10-8-16-12(14-10)11-7-15(3)5-4-13-11/h8-9,11,13H,4-7H2,1-3H3. The summed E-state index contributed by atoms with van der Waals surface area (Å²) in [6.45, 7) is 7.77. The minimum absolute atomic E-state index is 0.435. The topological polar surface area (TPSA) is 28.2 Å². The predicted molar refractivity (Wildman–Crippen MR) is 68.9 cm³/mol. The normalized spacial score (nSPS) is 22.9. The molecule has 1 aliphatic heterocycles. The van der Waals surface area contributed by atoms with Crippen LogP contribution in [0.5, 0.6) is 0 Å². The van der Waals surface area contributed by atoms with Crippen molar-refractivity contribution in [3.05, 3.63) is 16.1 Å². The van der Waals surface area contributed by atoms with E-state index in [9.17, 15) is 0 Å². The van der Waals surface area contributed by atoms with Gasteiger partial charge < -0.3 is 10.2 Å². The van der Waals surface area contributed by atoms with Crippen LogP contribution in [0.25, 0.3) is 0 Å². The molecule has 0 amide bonds. The molecule has 1 atom stereocenters. The molecule has 0 aliphatic carbocycles. The van der Waals surface area contributed by atoms with E-state index in [-0.39, 0.29) is 0 Å². The van der Waals surface area contributed by atoms with E-state index in [0.29, 0.717) is 12.0 Å². The van der Waals surface area contributed by atoms with Gasteiger partial charge in [0.1, 0.15) is 5.01 Å². The van der Waals surface area contributed by atoms with Gasteiger partial charge in [-0.25, -0.2) is 4.98 Å². The fraction of sp³-hybridized carbons (Fsp3) is 0.750. The van der Waals surface area contributed by atoms with Gasteiger partial charge in [-0.15, -0.1) is 11.3 Å². The maximum absolute atomic E-state index is 4.74. The fourth-order valence-electron chi connectivity index (χ4n) is 2.06. The van der Waals surface area contributed by atoms with Crippen LogP contribution in [-0.4, -0.2) is 36.6 Å². The first-order valence-corrected chi connectivity index (χ1v) is 6.89. The summed E-state index contributed by atoms with van der Waals surface area (Å²) in [6, 6.07) is 0.435. The van der Waals surface area contributed by atoms with Crippen molar-refractivity contribution in [2.45, 2.75) is 26.3 Å². The zero-order valence-electron chi connectivity index (χ0n) is 10.4. The molecule has 16 heavy (non-hydrogen) atoms. The van der Waals surface area contributed by atoms with E-state index in [2.05, 4.69) is 36.5 Å². The van der Waals surface area contributed by atoms with E-state index in [4.69, 9.17) is 4.98 Å². The van der Waals surface area contributed by atoms with Gasteiger partial charge in [-0.1, -0.05) is 13.8 Å². The second-order valence-electron chi connectivity index (χ2n) is 5.04. The number of likely N-dealkylation sites (N-methyl/N-ethyl adjacent to an activating group) is 1. The van der Waals surface area contributed by atoms with Crippen LogP contribution in [-0.2, 0) is 6.42 Å². The van der Waals surface area contributed by atoms with Crippen LogP contribution in [0, 0.1) is 5.92 Å². The van der Waals surface area contributed by atoms with Crippen molar-refractivity contribution in [2.75, 3.05) is 26.7 Å². The molecule has 0 aromatic carbocycles. The number of hydrogen-bond acceptors (Lipinski definition) is 4. The Morgan fingerprint density at radius 3 is 3.12 bits per heavy atom. The molecule has 4 heteroatoms.